The molecule has 0 saturated heterocycles. The van der Waals surface area contributed by atoms with Crippen molar-refractivity contribution >= 4 is 236 Å². The lowest BCUT2D eigenvalue weighted by Gasteiger charge is -2.22. The van der Waals surface area contributed by atoms with Crippen molar-refractivity contribution in [1.29, 1.82) is 0 Å². The number of fused-ring (bicyclic) bond motifs is 41. The summed E-state index contributed by atoms with van der Waals surface area (Å²) in [5.74, 6) is 0. The van der Waals surface area contributed by atoms with E-state index in [0.717, 1.165) is 54.9 Å². The molecule has 29 aromatic rings. The van der Waals surface area contributed by atoms with E-state index in [4.69, 9.17) is 8.83 Å². The Morgan fingerprint density at radius 2 is 0.580 bits per heavy atom. The number of nitrogens with zero attached hydrogens (tertiary/aromatic N) is 3. The smallest absolute Gasteiger partial charge is 0.145 e. The highest BCUT2D eigenvalue weighted by molar-refractivity contribution is 7.27. The van der Waals surface area contributed by atoms with Crippen molar-refractivity contribution in [2.24, 2.45) is 0 Å². The van der Waals surface area contributed by atoms with Gasteiger partial charge in [0.15, 0.2) is 0 Å². The van der Waals surface area contributed by atoms with Crippen molar-refractivity contribution in [1.82, 2.24) is 13.7 Å². The highest BCUT2D eigenvalue weighted by Gasteiger charge is 2.38. The van der Waals surface area contributed by atoms with Gasteiger partial charge in [0.25, 0.3) is 0 Å². The van der Waals surface area contributed by atoms with E-state index in [-0.39, 0.29) is 5.41 Å². The van der Waals surface area contributed by atoms with Gasteiger partial charge in [0.1, 0.15) is 22.3 Å². The molecule has 0 N–H and O–H groups in total. The zero-order valence-corrected chi connectivity index (χ0v) is 73.2. The number of hydrogen-bond donors (Lipinski definition) is 0. The van der Waals surface area contributed by atoms with Gasteiger partial charge in [-0.05, 0) is 203 Å². The first kappa shape index (κ1) is 71.1. The van der Waals surface area contributed by atoms with Gasteiger partial charge in [-0.1, -0.05) is 287 Å². The molecule has 33 rings (SSSR count). The second-order valence-electron chi connectivity index (χ2n) is 36.5. The average Bonchev–Trinajstić information content (AvgIpc) is 1.54. The molecule has 8 heteroatoms. The van der Waals surface area contributed by atoms with E-state index in [9.17, 15) is 0 Å². The molecule has 4 aliphatic rings. The molecule has 5 nitrogen and oxygen atoms in total. The minimum absolute atomic E-state index is 0.0558. The van der Waals surface area contributed by atoms with Crippen LogP contribution in [-0.4, -0.2) is 13.7 Å². The van der Waals surface area contributed by atoms with E-state index in [1.54, 1.807) is 0 Å². The maximum atomic E-state index is 6.55. The number of rotatable bonds is 3. The summed E-state index contributed by atoms with van der Waals surface area (Å²) in [6, 6.07) is 141. The Hall–Kier alpha value is -15.9. The molecule has 8 aromatic heterocycles. The Labute approximate surface area is 760 Å². The molecule has 0 bridgehead atoms. The van der Waals surface area contributed by atoms with Crippen molar-refractivity contribution in [2.75, 3.05) is 0 Å². The maximum absolute atomic E-state index is 6.55. The topological polar surface area (TPSA) is 41.1 Å². The fourth-order valence-corrected chi connectivity index (χ4v) is 28.0. The molecule has 0 atom stereocenters. The van der Waals surface area contributed by atoms with Crippen molar-refractivity contribution < 1.29 is 8.83 Å². The van der Waals surface area contributed by atoms with Gasteiger partial charge >= 0.3 is 0 Å². The summed E-state index contributed by atoms with van der Waals surface area (Å²) in [4.78, 5) is 0. The number of aromatic nitrogens is 3. The SMILES string of the molecule is CC1(C)c2ccccc2-c2cc3c4ccccc4n(-c4ccc5c6c(cccc46)-c4ccc6sc7ccccc7c6c4-5)c3cc21.c1ccc2c(c1)oc1c2ccc2c1c1ccccc1n2-c1ccc2c3c(cccc13)-c1c-2ccc2c1sc1ccccc12.c1ccc2c(c1)oc1c2ccc2c1c1ccccc1n2-c1ccc2c3c(cccc13)-c1ccc3c(sc4ccccc43)c1-2. The van der Waals surface area contributed by atoms with Crippen LogP contribution in [0, 0.1) is 0 Å². The quantitative estimate of drug-likeness (QED) is 0.177. The molecule has 606 valence electrons. The lowest BCUT2D eigenvalue weighted by atomic mass is 9.82. The van der Waals surface area contributed by atoms with Crippen molar-refractivity contribution in [3.05, 3.63) is 393 Å². The molecular weight excluding hydrogens is 1650 g/mol. The summed E-state index contributed by atoms with van der Waals surface area (Å²) in [5, 5.41) is 28.1. The van der Waals surface area contributed by atoms with E-state index in [0.29, 0.717) is 0 Å². The molecule has 0 saturated carbocycles. The minimum atomic E-state index is -0.0558. The molecule has 0 fully saturated rings. The molecule has 21 aromatic carbocycles. The van der Waals surface area contributed by atoms with E-state index < -0.39 is 0 Å². The van der Waals surface area contributed by atoms with Crippen LogP contribution in [0.25, 0.3) is 297 Å². The standard InChI is InChI=1S/C43H27NS.2C40H21NOS/c1-43(2)33-15-6-3-10-24(33)31-22-32-25-11-4-7-16-35(25)44(37(32)23-34(31)43)36-20-18-30-40-26(13-9-14-28(36)40)27-19-21-39-42(41(27)30)29-12-5-8-17-38(29)45-39;1-4-13-31-29(10-1)38-33(21-18-26-22-8-2-5-14-34(22)42-39(26)38)41(31)32-20-19-30-36-24(11-7-12-28(32)36)25-16-17-27-23-9-3-6-15-35(23)43-40(27)37(25)30;1-4-13-31-29(10-1)38-33(21-19-26-22-8-2-5-14-34(22)42-39(26)38)41(31)32-20-18-24-25-16-17-27-23-9-3-6-15-35(23)43-40(27)37(25)30-12-7-11-28(32)36(24)30/h3-23H,1-2H3;2*1-21H. The van der Waals surface area contributed by atoms with Gasteiger partial charge in [0, 0.05) is 136 Å². The van der Waals surface area contributed by atoms with Crippen molar-refractivity contribution in [2.45, 2.75) is 19.3 Å². The Bertz CT molecular complexity index is 9990. The third-order valence-corrected chi connectivity index (χ3v) is 33.4. The molecule has 131 heavy (non-hydrogen) atoms. The highest BCUT2D eigenvalue weighted by atomic mass is 32.1. The molecule has 4 aliphatic carbocycles. The van der Waals surface area contributed by atoms with E-state index >= 15 is 0 Å². The summed E-state index contributed by atoms with van der Waals surface area (Å²) in [6.07, 6.45) is 0. The monoisotopic (exact) mass is 1720 g/mol. The largest absolute Gasteiger partial charge is 0.455 e. The normalized spacial score (nSPS) is 13.2. The molecular formula is C123H69N3O2S3. The zero-order valence-electron chi connectivity index (χ0n) is 70.8. The molecule has 0 amide bonds. The first-order valence-corrected chi connectivity index (χ1v) is 47.6. The third-order valence-electron chi connectivity index (χ3n) is 29.8. The summed E-state index contributed by atoms with van der Waals surface area (Å²) < 4.78 is 28.7. The summed E-state index contributed by atoms with van der Waals surface area (Å²) in [5.41, 5.74) is 36.3. The van der Waals surface area contributed by atoms with Crippen LogP contribution in [0.15, 0.2) is 391 Å². The summed E-state index contributed by atoms with van der Waals surface area (Å²) in [7, 11) is 0. The van der Waals surface area contributed by atoms with Gasteiger partial charge in [-0.15, -0.1) is 34.0 Å². The Kier molecular flexibility index (Phi) is 14.0. The van der Waals surface area contributed by atoms with Crippen LogP contribution in [0.2, 0.25) is 0 Å². The third kappa shape index (κ3) is 9.27. The molecule has 0 aliphatic heterocycles. The first-order chi connectivity index (χ1) is 64.8. The van der Waals surface area contributed by atoms with Crippen LogP contribution in [0.5, 0.6) is 0 Å². The molecule has 0 unspecified atom stereocenters. The van der Waals surface area contributed by atoms with Crippen molar-refractivity contribution in [3.8, 4) is 95.0 Å². The Morgan fingerprint density at radius 1 is 0.198 bits per heavy atom. The maximum Gasteiger partial charge on any atom is 0.145 e. The molecule has 0 radical (unpaired) electrons. The first-order valence-electron chi connectivity index (χ1n) is 45.2. The Balaban J connectivity index is 0.0000000928. The van der Waals surface area contributed by atoms with E-state index in [1.807, 2.05) is 46.1 Å². The van der Waals surface area contributed by atoms with Crippen LogP contribution in [0.1, 0.15) is 25.0 Å². The minimum Gasteiger partial charge on any atom is -0.455 e. The second kappa shape index (κ2) is 25.7. The lowest BCUT2D eigenvalue weighted by Crippen LogP contribution is -2.15. The van der Waals surface area contributed by atoms with Crippen molar-refractivity contribution in [3.63, 3.8) is 0 Å². The van der Waals surface area contributed by atoms with Gasteiger partial charge in [-0.2, -0.15) is 0 Å². The van der Waals surface area contributed by atoms with E-state index in [1.165, 1.54) is 253 Å². The number of para-hydroxylation sites is 5. The fraction of sp³-hybridized carbons (Fsp3) is 0.0244. The second-order valence-corrected chi connectivity index (χ2v) is 39.7. The van der Waals surface area contributed by atoms with Crippen LogP contribution < -0.4 is 0 Å². The van der Waals surface area contributed by atoms with Gasteiger partial charge in [0.2, 0.25) is 0 Å². The number of furan rings is 2. The van der Waals surface area contributed by atoms with Crippen LogP contribution in [0.4, 0.5) is 0 Å². The lowest BCUT2D eigenvalue weighted by molar-refractivity contribution is 0.661. The fourth-order valence-electron chi connectivity index (χ4n) is 24.4. The molecule has 0 spiro atoms. The Morgan fingerprint density at radius 3 is 1.14 bits per heavy atom. The van der Waals surface area contributed by atoms with Gasteiger partial charge < -0.3 is 22.5 Å². The van der Waals surface area contributed by atoms with Gasteiger partial charge in [-0.3, -0.25) is 0 Å². The van der Waals surface area contributed by atoms with Gasteiger partial charge in [0.05, 0.1) is 60.9 Å². The predicted octanol–water partition coefficient (Wildman–Crippen LogP) is 36.0. The average molecular weight is 1720 g/mol. The number of benzene rings is 21. The van der Waals surface area contributed by atoms with Crippen LogP contribution in [0.3, 0.4) is 0 Å². The van der Waals surface area contributed by atoms with E-state index in [2.05, 4.69) is 398 Å². The molecule has 8 heterocycles. The summed E-state index contributed by atoms with van der Waals surface area (Å²) in [6.45, 7) is 4.75. The van der Waals surface area contributed by atoms with Crippen LogP contribution >= 0.6 is 34.0 Å². The zero-order chi connectivity index (χ0) is 85.2. The number of hydrogen-bond acceptors (Lipinski definition) is 5. The predicted molar refractivity (Wildman–Crippen MR) is 559 cm³/mol. The number of thiophene rings is 3. The van der Waals surface area contributed by atoms with Crippen LogP contribution in [-0.2, 0) is 5.41 Å². The van der Waals surface area contributed by atoms with Gasteiger partial charge in [-0.25, -0.2) is 0 Å². The highest BCUT2D eigenvalue weighted by Crippen LogP contribution is 2.60. The summed E-state index contributed by atoms with van der Waals surface area (Å²) >= 11 is 5.73.